The molecule has 2 aliphatic heterocycles. The predicted molar refractivity (Wildman–Crippen MR) is 99.6 cm³/mol. The SMILES string of the molecule is O=c1n(CCN2CCOCC2)c2cc(Cl)ccc2n1C1CCNCC1. The number of halogens is 1. The summed E-state index contributed by atoms with van der Waals surface area (Å²) in [4.78, 5) is 15.5. The maximum atomic E-state index is 13.2. The zero-order valence-electron chi connectivity index (χ0n) is 14.4. The van der Waals surface area contributed by atoms with Crippen molar-refractivity contribution in [3.63, 3.8) is 0 Å². The maximum Gasteiger partial charge on any atom is 0.329 e. The molecule has 2 aromatic rings. The highest BCUT2D eigenvalue weighted by Gasteiger charge is 2.22. The molecule has 7 heteroatoms. The smallest absolute Gasteiger partial charge is 0.329 e. The Morgan fingerprint density at radius 3 is 2.64 bits per heavy atom. The van der Waals surface area contributed by atoms with Crippen LogP contribution in [0.15, 0.2) is 23.0 Å². The number of nitrogens with zero attached hydrogens (tertiary/aromatic N) is 3. The monoisotopic (exact) mass is 364 g/mol. The number of morpholine rings is 1. The molecule has 1 aromatic heterocycles. The third-order valence-corrected chi connectivity index (χ3v) is 5.58. The van der Waals surface area contributed by atoms with E-state index in [2.05, 4.69) is 10.2 Å². The van der Waals surface area contributed by atoms with E-state index >= 15 is 0 Å². The lowest BCUT2D eigenvalue weighted by molar-refractivity contribution is 0.0364. The fourth-order valence-corrected chi connectivity index (χ4v) is 4.12. The molecule has 136 valence electrons. The van der Waals surface area contributed by atoms with Crippen molar-refractivity contribution in [3.05, 3.63) is 33.7 Å². The summed E-state index contributed by atoms with van der Waals surface area (Å²) in [5.41, 5.74) is 2.05. The minimum Gasteiger partial charge on any atom is -0.379 e. The summed E-state index contributed by atoms with van der Waals surface area (Å²) >= 11 is 6.23. The van der Waals surface area contributed by atoms with Crippen LogP contribution in [0.4, 0.5) is 0 Å². The molecule has 0 atom stereocenters. The fourth-order valence-electron chi connectivity index (χ4n) is 3.95. The Morgan fingerprint density at radius 2 is 1.88 bits per heavy atom. The van der Waals surface area contributed by atoms with Gasteiger partial charge >= 0.3 is 5.69 Å². The van der Waals surface area contributed by atoms with E-state index in [1.54, 1.807) is 0 Å². The van der Waals surface area contributed by atoms with Crippen molar-refractivity contribution in [3.8, 4) is 0 Å². The molecule has 6 nitrogen and oxygen atoms in total. The molecule has 2 fully saturated rings. The van der Waals surface area contributed by atoms with Crippen molar-refractivity contribution in [2.75, 3.05) is 45.9 Å². The molecule has 0 spiro atoms. The van der Waals surface area contributed by atoms with E-state index in [0.717, 1.165) is 69.8 Å². The Kier molecular flexibility index (Phi) is 5.12. The highest BCUT2D eigenvalue weighted by molar-refractivity contribution is 6.31. The van der Waals surface area contributed by atoms with Crippen molar-refractivity contribution in [1.29, 1.82) is 0 Å². The van der Waals surface area contributed by atoms with Gasteiger partial charge in [0.1, 0.15) is 0 Å². The molecule has 3 heterocycles. The van der Waals surface area contributed by atoms with E-state index in [9.17, 15) is 4.79 Å². The van der Waals surface area contributed by atoms with Crippen LogP contribution in [-0.4, -0.2) is 60.0 Å². The van der Waals surface area contributed by atoms with E-state index < -0.39 is 0 Å². The molecule has 2 saturated heterocycles. The van der Waals surface area contributed by atoms with Gasteiger partial charge in [0.2, 0.25) is 0 Å². The molecule has 0 saturated carbocycles. The second-order valence-corrected chi connectivity index (χ2v) is 7.31. The molecule has 0 unspecified atom stereocenters. The third kappa shape index (κ3) is 3.49. The molecule has 25 heavy (non-hydrogen) atoms. The lowest BCUT2D eigenvalue weighted by Crippen LogP contribution is -2.40. The van der Waals surface area contributed by atoms with E-state index in [0.29, 0.717) is 11.6 Å². The van der Waals surface area contributed by atoms with Crippen LogP contribution in [0.1, 0.15) is 18.9 Å². The van der Waals surface area contributed by atoms with Gasteiger partial charge in [-0.1, -0.05) is 11.6 Å². The lowest BCUT2D eigenvalue weighted by Gasteiger charge is -2.26. The van der Waals surface area contributed by atoms with Gasteiger partial charge < -0.3 is 10.1 Å². The molecule has 1 aromatic carbocycles. The first-order valence-electron chi connectivity index (χ1n) is 9.15. The first-order valence-corrected chi connectivity index (χ1v) is 9.53. The Hall–Kier alpha value is -1.34. The van der Waals surface area contributed by atoms with Crippen molar-refractivity contribution >= 4 is 22.6 Å². The Labute approximate surface area is 152 Å². The quantitative estimate of drug-likeness (QED) is 0.897. The van der Waals surface area contributed by atoms with Gasteiger partial charge in [-0.2, -0.15) is 0 Å². The van der Waals surface area contributed by atoms with Crippen molar-refractivity contribution in [2.45, 2.75) is 25.4 Å². The standard InChI is InChI=1S/C18H25ClN4O2/c19-14-1-2-16-17(13-14)22(8-7-21-9-11-25-12-10-21)18(24)23(16)15-3-5-20-6-4-15/h1-2,13,15,20H,3-12H2. The van der Waals surface area contributed by atoms with Crippen LogP contribution in [-0.2, 0) is 11.3 Å². The predicted octanol–water partition coefficient (Wildman–Crippen LogP) is 1.71. The molecule has 1 N–H and O–H groups in total. The Bertz CT molecular complexity index is 788. The zero-order valence-corrected chi connectivity index (χ0v) is 15.2. The van der Waals surface area contributed by atoms with Crippen LogP contribution >= 0.6 is 11.6 Å². The van der Waals surface area contributed by atoms with Crippen LogP contribution in [0.3, 0.4) is 0 Å². The number of ether oxygens (including phenoxy) is 1. The first-order chi connectivity index (χ1) is 12.2. The van der Waals surface area contributed by atoms with Gasteiger partial charge in [-0.3, -0.25) is 14.0 Å². The summed E-state index contributed by atoms with van der Waals surface area (Å²) in [6.45, 7) is 6.89. The number of rotatable bonds is 4. The van der Waals surface area contributed by atoms with Gasteiger partial charge in [0.05, 0.1) is 24.2 Å². The van der Waals surface area contributed by atoms with E-state index in [1.807, 2.05) is 27.3 Å². The molecule has 0 aliphatic carbocycles. The largest absolute Gasteiger partial charge is 0.379 e. The number of piperidine rings is 1. The van der Waals surface area contributed by atoms with Crippen molar-refractivity contribution < 1.29 is 4.74 Å². The number of hydrogen-bond donors (Lipinski definition) is 1. The summed E-state index contributed by atoms with van der Waals surface area (Å²) in [5.74, 6) is 0. The summed E-state index contributed by atoms with van der Waals surface area (Å²) < 4.78 is 9.30. The van der Waals surface area contributed by atoms with Gasteiger partial charge in [-0.25, -0.2) is 4.79 Å². The Balaban J connectivity index is 1.68. The number of fused-ring (bicyclic) bond motifs is 1. The van der Waals surface area contributed by atoms with Gasteiger partial charge in [0.25, 0.3) is 0 Å². The molecule has 0 radical (unpaired) electrons. The average Bonchev–Trinajstić information content (AvgIpc) is 2.92. The molecular formula is C18H25ClN4O2. The molecule has 2 aliphatic rings. The topological polar surface area (TPSA) is 51.4 Å². The van der Waals surface area contributed by atoms with Crippen LogP contribution in [0.25, 0.3) is 11.0 Å². The lowest BCUT2D eigenvalue weighted by atomic mass is 10.1. The van der Waals surface area contributed by atoms with E-state index in [1.165, 1.54) is 0 Å². The number of nitrogens with one attached hydrogen (secondary N) is 1. The second-order valence-electron chi connectivity index (χ2n) is 6.87. The summed E-state index contributed by atoms with van der Waals surface area (Å²) in [5, 5.41) is 4.05. The minimum absolute atomic E-state index is 0.0948. The second kappa shape index (κ2) is 7.50. The Morgan fingerprint density at radius 1 is 1.12 bits per heavy atom. The highest BCUT2D eigenvalue weighted by atomic mass is 35.5. The first kappa shape index (κ1) is 17.1. The minimum atomic E-state index is 0.0948. The van der Waals surface area contributed by atoms with Crippen LogP contribution in [0.5, 0.6) is 0 Å². The van der Waals surface area contributed by atoms with E-state index in [4.69, 9.17) is 16.3 Å². The van der Waals surface area contributed by atoms with Gasteiger partial charge in [0.15, 0.2) is 0 Å². The number of aromatic nitrogens is 2. The normalized spacial score (nSPS) is 20.4. The van der Waals surface area contributed by atoms with Crippen LogP contribution in [0.2, 0.25) is 5.02 Å². The summed E-state index contributed by atoms with van der Waals surface area (Å²) in [6.07, 6.45) is 1.98. The third-order valence-electron chi connectivity index (χ3n) is 5.34. The van der Waals surface area contributed by atoms with Crippen LogP contribution in [0, 0.1) is 0 Å². The molecule has 4 rings (SSSR count). The summed E-state index contributed by atoms with van der Waals surface area (Å²) in [7, 11) is 0. The molecule has 0 bridgehead atoms. The molecular weight excluding hydrogens is 340 g/mol. The summed E-state index contributed by atoms with van der Waals surface area (Å²) in [6, 6.07) is 6.07. The number of benzene rings is 1. The average molecular weight is 365 g/mol. The highest BCUT2D eigenvalue weighted by Crippen LogP contribution is 2.25. The fraction of sp³-hybridized carbons (Fsp3) is 0.611. The van der Waals surface area contributed by atoms with Crippen molar-refractivity contribution in [1.82, 2.24) is 19.4 Å². The van der Waals surface area contributed by atoms with Crippen LogP contribution < -0.4 is 11.0 Å². The zero-order chi connectivity index (χ0) is 17.2. The molecule has 0 amide bonds. The van der Waals surface area contributed by atoms with Gasteiger partial charge in [-0.15, -0.1) is 0 Å². The van der Waals surface area contributed by atoms with Crippen molar-refractivity contribution in [2.24, 2.45) is 0 Å². The van der Waals surface area contributed by atoms with E-state index in [-0.39, 0.29) is 11.7 Å². The maximum absolute atomic E-state index is 13.2. The number of imidazole rings is 1. The van der Waals surface area contributed by atoms with Gasteiger partial charge in [-0.05, 0) is 44.1 Å². The van der Waals surface area contributed by atoms with Gasteiger partial charge in [0, 0.05) is 37.2 Å². The number of hydrogen-bond acceptors (Lipinski definition) is 4.